The Hall–Kier alpha value is -4.25. The van der Waals surface area contributed by atoms with E-state index in [1.54, 1.807) is 62.8 Å². The highest BCUT2D eigenvalue weighted by molar-refractivity contribution is 7.92. The number of carbonyl (C=O) groups excluding carboxylic acids is 2. The molecule has 1 aliphatic rings. The molecule has 4 rings (SSSR count). The van der Waals surface area contributed by atoms with E-state index in [4.69, 9.17) is 14.2 Å². The fraction of sp³-hybridized carbons (Fsp3) is 0.286. The molecule has 206 valence electrons. The standard InChI is InChI=1S/C28H31N3O7S/c1-36-24-13-12-19(18-26(24)37-2)14-16-29-27(32)20-8-4-5-9-21(20)30-28(33)25-15-17-31(39(3,34)35)22-10-6-7-11-23(22)38-25/h4-13,18,25H,14-17H2,1-3H3,(H,29,32)(H,30,33). The molecule has 10 nitrogen and oxygen atoms in total. The van der Waals surface area contributed by atoms with Crippen LogP contribution in [0.15, 0.2) is 66.7 Å². The first-order valence-corrected chi connectivity index (χ1v) is 14.2. The topological polar surface area (TPSA) is 123 Å². The van der Waals surface area contributed by atoms with Crippen molar-refractivity contribution in [1.82, 2.24) is 5.32 Å². The summed E-state index contributed by atoms with van der Waals surface area (Å²) in [5, 5.41) is 5.67. The van der Waals surface area contributed by atoms with Gasteiger partial charge in [-0.05, 0) is 48.4 Å². The highest BCUT2D eigenvalue weighted by Crippen LogP contribution is 2.34. The van der Waals surface area contributed by atoms with Crippen LogP contribution < -0.4 is 29.1 Å². The third-order valence-electron chi connectivity index (χ3n) is 6.27. The van der Waals surface area contributed by atoms with Crippen LogP contribution in [0, 0.1) is 0 Å². The van der Waals surface area contributed by atoms with Gasteiger partial charge in [-0.25, -0.2) is 8.42 Å². The normalized spacial score (nSPS) is 14.8. The van der Waals surface area contributed by atoms with Crippen LogP contribution in [0.4, 0.5) is 11.4 Å². The quantitative estimate of drug-likeness (QED) is 0.417. The number of ether oxygens (including phenoxy) is 3. The summed E-state index contributed by atoms with van der Waals surface area (Å²) in [4.78, 5) is 26.2. The molecule has 1 unspecified atom stereocenters. The van der Waals surface area contributed by atoms with Crippen LogP contribution in [0.3, 0.4) is 0 Å². The van der Waals surface area contributed by atoms with Crippen molar-refractivity contribution in [3.63, 3.8) is 0 Å². The average Bonchev–Trinajstić information content (AvgIpc) is 3.13. The maximum Gasteiger partial charge on any atom is 0.265 e. The molecule has 0 saturated heterocycles. The van der Waals surface area contributed by atoms with Crippen molar-refractivity contribution in [2.75, 3.05) is 43.2 Å². The first kappa shape index (κ1) is 27.8. The van der Waals surface area contributed by atoms with Crippen LogP contribution in [-0.2, 0) is 21.2 Å². The molecule has 2 N–H and O–H groups in total. The number of hydrogen-bond acceptors (Lipinski definition) is 7. The van der Waals surface area contributed by atoms with Crippen LogP contribution in [0.2, 0.25) is 0 Å². The fourth-order valence-electron chi connectivity index (χ4n) is 4.31. The summed E-state index contributed by atoms with van der Waals surface area (Å²) in [5.74, 6) is 0.701. The predicted molar refractivity (Wildman–Crippen MR) is 148 cm³/mol. The number of methoxy groups -OCH3 is 2. The molecule has 0 bridgehead atoms. The summed E-state index contributed by atoms with van der Waals surface area (Å²) in [6.45, 7) is 0.437. The summed E-state index contributed by atoms with van der Waals surface area (Å²) in [5.41, 5.74) is 1.96. The van der Waals surface area contributed by atoms with Crippen LogP contribution in [-0.4, -0.2) is 59.9 Å². The summed E-state index contributed by atoms with van der Waals surface area (Å²) < 4.78 is 42.4. The Bertz CT molecular complexity index is 1460. The second-order valence-electron chi connectivity index (χ2n) is 8.93. The molecule has 3 aromatic carbocycles. The van der Waals surface area contributed by atoms with Gasteiger partial charge in [0.2, 0.25) is 10.0 Å². The zero-order valence-electron chi connectivity index (χ0n) is 22.0. The molecule has 39 heavy (non-hydrogen) atoms. The van der Waals surface area contributed by atoms with Gasteiger partial charge in [-0.15, -0.1) is 0 Å². The SMILES string of the molecule is COc1ccc(CCNC(=O)c2ccccc2NC(=O)C2CCN(S(C)(=O)=O)c3ccccc3O2)cc1OC. The molecule has 0 aromatic heterocycles. The Morgan fingerprint density at radius 2 is 1.72 bits per heavy atom. The number of hydrogen-bond donors (Lipinski definition) is 2. The van der Waals surface area contributed by atoms with E-state index in [2.05, 4.69) is 10.6 Å². The van der Waals surface area contributed by atoms with Crippen LogP contribution in [0.1, 0.15) is 22.3 Å². The lowest BCUT2D eigenvalue weighted by atomic mass is 10.1. The number of carbonyl (C=O) groups is 2. The molecule has 1 aliphatic heterocycles. The molecule has 0 fully saturated rings. The van der Waals surface area contributed by atoms with E-state index in [0.717, 1.165) is 11.8 Å². The Labute approximate surface area is 227 Å². The first-order valence-electron chi connectivity index (χ1n) is 12.3. The molecule has 0 spiro atoms. The molecule has 2 amide bonds. The number of nitrogens with one attached hydrogen (secondary N) is 2. The molecular weight excluding hydrogens is 522 g/mol. The molecule has 0 radical (unpaired) electrons. The molecular formula is C28H31N3O7S. The van der Waals surface area contributed by atoms with Crippen molar-refractivity contribution < 1.29 is 32.2 Å². The molecule has 0 saturated carbocycles. The minimum Gasteiger partial charge on any atom is -0.493 e. The lowest BCUT2D eigenvalue weighted by molar-refractivity contribution is -0.122. The van der Waals surface area contributed by atoms with Gasteiger partial charge in [0.1, 0.15) is 5.75 Å². The summed E-state index contributed by atoms with van der Waals surface area (Å²) in [6, 6.07) is 18.9. The smallest absolute Gasteiger partial charge is 0.265 e. The van der Waals surface area contributed by atoms with Crippen molar-refractivity contribution >= 4 is 33.2 Å². The lowest BCUT2D eigenvalue weighted by Gasteiger charge is -2.20. The third-order valence-corrected chi connectivity index (χ3v) is 7.45. The minimum atomic E-state index is -3.57. The fourth-order valence-corrected chi connectivity index (χ4v) is 5.26. The van der Waals surface area contributed by atoms with E-state index < -0.39 is 22.0 Å². The molecule has 0 aliphatic carbocycles. The van der Waals surface area contributed by atoms with Crippen molar-refractivity contribution in [3.05, 3.63) is 77.9 Å². The van der Waals surface area contributed by atoms with Crippen molar-refractivity contribution in [2.45, 2.75) is 18.9 Å². The van der Waals surface area contributed by atoms with Gasteiger partial charge in [0.25, 0.3) is 11.8 Å². The molecule has 3 aromatic rings. The third kappa shape index (κ3) is 6.61. The van der Waals surface area contributed by atoms with Gasteiger partial charge in [0.15, 0.2) is 17.6 Å². The van der Waals surface area contributed by atoms with Gasteiger partial charge in [0, 0.05) is 19.5 Å². The summed E-state index contributed by atoms with van der Waals surface area (Å²) >= 11 is 0. The van der Waals surface area contributed by atoms with Crippen LogP contribution in [0.5, 0.6) is 17.2 Å². The van der Waals surface area contributed by atoms with Gasteiger partial charge in [-0.2, -0.15) is 0 Å². The van der Waals surface area contributed by atoms with Gasteiger partial charge in [0.05, 0.1) is 37.4 Å². The number of sulfonamides is 1. The van der Waals surface area contributed by atoms with Crippen molar-refractivity contribution in [2.24, 2.45) is 0 Å². The van der Waals surface area contributed by atoms with Crippen LogP contribution >= 0.6 is 0 Å². The maximum absolute atomic E-state index is 13.2. The van der Waals surface area contributed by atoms with E-state index in [1.807, 2.05) is 18.2 Å². The predicted octanol–water partition coefficient (Wildman–Crippen LogP) is 3.23. The van der Waals surface area contributed by atoms with E-state index in [9.17, 15) is 18.0 Å². The van der Waals surface area contributed by atoms with Crippen molar-refractivity contribution in [1.29, 1.82) is 0 Å². The average molecular weight is 554 g/mol. The highest BCUT2D eigenvalue weighted by atomic mass is 32.2. The van der Waals surface area contributed by atoms with E-state index in [1.165, 1.54) is 4.31 Å². The Morgan fingerprint density at radius 3 is 2.46 bits per heavy atom. The van der Waals surface area contributed by atoms with Gasteiger partial charge in [-0.3, -0.25) is 13.9 Å². The number of benzene rings is 3. The van der Waals surface area contributed by atoms with Gasteiger partial charge < -0.3 is 24.8 Å². The number of rotatable bonds is 9. The second-order valence-corrected chi connectivity index (χ2v) is 10.8. The number of para-hydroxylation sites is 3. The number of amides is 2. The van der Waals surface area contributed by atoms with Crippen molar-refractivity contribution in [3.8, 4) is 17.2 Å². The maximum atomic E-state index is 13.2. The number of nitrogens with zero attached hydrogens (tertiary/aromatic N) is 1. The Kier molecular flexibility index (Phi) is 8.60. The Balaban J connectivity index is 1.42. The second kappa shape index (κ2) is 12.1. The summed E-state index contributed by atoms with van der Waals surface area (Å²) in [7, 11) is -0.436. The number of anilines is 2. The van der Waals surface area contributed by atoms with Gasteiger partial charge >= 0.3 is 0 Å². The minimum absolute atomic E-state index is 0.0756. The molecule has 1 heterocycles. The van der Waals surface area contributed by atoms with Crippen LogP contribution in [0.25, 0.3) is 0 Å². The van der Waals surface area contributed by atoms with E-state index in [-0.39, 0.29) is 18.9 Å². The molecule has 1 atom stereocenters. The zero-order valence-corrected chi connectivity index (χ0v) is 22.8. The summed E-state index contributed by atoms with van der Waals surface area (Å²) in [6.07, 6.45) is 0.851. The monoisotopic (exact) mass is 553 g/mol. The first-order chi connectivity index (χ1) is 18.7. The lowest BCUT2D eigenvalue weighted by Crippen LogP contribution is -2.36. The largest absolute Gasteiger partial charge is 0.493 e. The van der Waals surface area contributed by atoms with Gasteiger partial charge in [-0.1, -0.05) is 30.3 Å². The van der Waals surface area contributed by atoms with E-state index in [0.29, 0.717) is 47.2 Å². The Morgan fingerprint density at radius 1 is 1.00 bits per heavy atom. The number of fused-ring (bicyclic) bond motifs is 1. The highest BCUT2D eigenvalue weighted by Gasteiger charge is 2.31. The zero-order chi connectivity index (χ0) is 28.0. The van der Waals surface area contributed by atoms with E-state index >= 15 is 0 Å². The molecule has 11 heteroatoms.